The Morgan fingerprint density at radius 1 is 1.35 bits per heavy atom. The molecule has 0 aliphatic heterocycles. The second kappa shape index (κ2) is 5.90. The summed E-state index contributed by atoms with van der Waals surface area (Å²) in [5.41, 5.74) is 0.448. The number of aryl methyl sites for hydroxylation is 1. The number of sulfonamides is 1. The van der Waals surface area contributed by atoms with Gasteiger partial charge in [-0.1, -0.05) is 13.0 Å². The normalized spacial score (nSPS) is 12.2. The minimum absolute atomic E-state index is 0.0281. The smallest absolute Gasteiger partial charge is 0.244 e. The number of nitrogens with two attached hydrogens (primary N) is 1. The van der Waals surface area contributed by atoms with Crippen molar-refractivity contribution in [2.24, 2.45) is 5.14 Å². The first kappa shape index (κ1) is 16.6. The van der Waals surface area contributed by atoms with Gasteiger partial charge in [0.15, 0.2) is 0 Å². The molecule has 0 fully saturated rings. The number of likely N-dealkylation sites (N-methyl/N-ethyl adjacent to an activating group) is 1. The van der Waals surface area contributed by atoms with Crippen molar-refractivity contribution in [3.63, 3.8) is 0 Å². The van der Waals surface area contributed by atoms with Crippen LogP contribution in [0.25, 0.3) is 0 Å². The molecule has 0 bridgehead atoms. The fraction of sp³-hybridized carbons (Fsp3) is 0.462. The Balaban J connectivity index is 3.07. The van der Waals surface area contributed by atoms with Crippen LogP contribution in [0, 0.1) is 6.92 Å². The standard InChI is InChI=1S/C13H21N3O3S/c1-5-15-13(3,4)12(17)16-11-8-10(20(14,18)19)7-6-9(11)2/h6-8,15H,5H2,1-4H3,(H,16,17)(H2,14,18,19). The second-order valence-electron chi connectivity index (χ2n) is 5.13. The molecule has 0 radical (unpaired) electrons. The molecule has 4 N–H and O–H groups in total. The molecule has 1 amide bonds. The van der Waals surface area contributed by atoms with Crippen LogP contribution in [0.15, 0.2) is 23.1 Å². The topological polar surface area (TPSA) is 101 Å². The van der Waals surface area contributed by atoms with Gasteiger partial charge in [-0.05, 0) is 45.0 Å². The fourth-order valence-electron chi connectivity index (χ4n) is 1.71. The molecule has 20 heavy (non-hydrogen) atoms. The number of primary sulfonamides is 1. The third-order valence-electron chi connectivity index (χ3n) is 2.97. The Bertz CT molecular complexity index is 609. The summed E-state index contributed by atoms with van der Waals surface area (Å²) in [5, 5.41) is 10.9. The molecule has 7 heteroatoms. The highest BCUT2D eigenvalue weighted by Crippen LogP contribution is 2.20. The molecular weight excluding hydrogens is 278 g/mol. The molecule has 0 atom stereocenters. The molecule has 1 aromatic carbocycles. The molecule has 112 valence electrons. The van der Waals surface area contributed by atoms with Crippen LogP contribution in [0.4, 0.5) is 5.69 Å². The van der Waals surface area contributed by atoms with E-state index in [1.54, 1.807) is 26.8 Å². The third-order valence-corrected chi connectivity index (χ3v) is 3.88. The average Bonchev–Trinajstić information content (AvgIpc) is 2.30. The van der Waals surface area contributed by atoms with Crippen molar-refractivity contribution in [1.82, 2.24) is 5.32 Å². The lowest BCUT2D eigenvalue weighted by atomic mass is 10.0. The number of nitrogens with one attached hydrogen (secondary N) is 2. The summed E-state index contributed by atoms with van der Waals surface area (Å²) >= 11 is 0. The number of carbonyl (C=O) groups excluding carboxylic acids is 1. The van der Waals surface area contributed by atoms with Gasteiger partial charge >= 0.3 is 0 Å². The summed E-state index contributed by atoms with van der Waals surface area (Å²) in [6.07, 6.45) is 0. The number of amides is 1. The van der Waals surface area contributed by atoms with Crippen LogP contribution in [0.5, 0.6) is 0 Å². The molecule has 0 heterocycles. The van der Waals surface area contributed by atoms with Gasteiger partial charge in [0.05, 0.1) is 10.4 Å². The van der Waals surface area contributed by atoms with E-state index < -0.39 is 15.6 Å². The van der Waals surface area contributed by atoms with Crippen molar-refractivity contribution >= 4 is 21.6 Å². The first-order chi connectivity index (χ1) is 9.08. The van der Waals surface area contributed by atoms with Gasteiger partial charge in [0, 0.05) is 5.69 Å². The van der Waals surface area contributed by atoms with Crippen LogP contribution >= 0.6 is 0 Å². The van der Waals surface area contributed by atoms with Crippen LogP contribution in [-0.2, 0) is 14.8 Å². The maximum atomic E-state index is 12.2. The Labute approximate surface area is 119 Å². The maximum Gasteiger partial charge on any atom is 0.244 e. The van der Waals surface area contributed by atoms with Crippen molar-refractivity contribution in [3.05, 3.63) is 23.8 Å². The van der Waals surface area contributed by atoms with Crippen LogP contribution in [0.3, 0.4) is 0 Å². The molecule has 1 rings (SSSR count). The van der Waals surface area contributed by atoms with E-state index >= 15 is 0 Å². The Morgan fingerprint density at radius 3 is 2.45 bits per heavy atom. The van der Waals surface area contributed by atoms with Crippen molar-refractivity contribution in [2.75, 3.05) is 11.9 Å². The van der Waals surface area contributed by atoms with Crippen LogP contribution in [0.1, 0.15) is 26.3 Å². The molecule has 0 aromatic heterocycles. The zero-order valence-corrected chi connectivity index (χ0v) is 13.0. The van der Waals surface area contributed by atoms with E-state index in [2.05, 4.69) is 10.6 Å². The number of rotatable bonds is 5. The summed E-state index contributed by atoms with van der Waals surface area (Å²) in [5.74, 6) is -0.242. The molecule has 0 aliphatic carbocycles. The molecule has 0 unspecified atom stereocenters. The molecule has 0 saturated carbocycles. The molecule has 6 nitrogen and oxygen atoms in total. The number of hydrogen-bond acceptors (Lipinski definition) is 4. The number of carbonyl (C=O) groups is 1. The van der Waals surface area contributed by atoms with Crippen molar-refractivity contribution in [1.29, 1.82) is 0 Å². The van der Waals surface area contributed by atoms with Gasteiger partial charge < -0.3 is 10.6 Å². The highest BCUT2D eigenvalue weighted by Gasteiger charge is 2.26. The lowest BCUT2D eigenvalue weighted by Gasteiger charge is -2.25. The van der Waals surface area contributed by atoms with Gasteiger partial charge in [0.2, 0.25) is 15.9 Å². The van der Waals surface area contributed by atoms with Crippen LogP contribution in [-0.4, -0.2) is 26.4 Å². The lowest BCUT2D eigenvalue weighted by Crippen LogP contribution is -2.49. The van der Waals surface area contributed by atoms with E-state index in [1.165, 1.54) is 12.1 Å². The Morgan fingerprint density at radius 2 is 1.95 bits per heavy atom. The van der Waals surface area contributed by atoms with E-state index in [4.69, 9.17) is 5.14 Å². The Hall–Kier alpha value is -1.44. The van der Waals surface area contributed by atoms with Gasteiger partial charge in [-0.15, -0.1) is 0 Å². The number of hydrogen-bond donors (Lipinski definition) is 3. The SMILES string of the molecule is CCNC(C)(C)C(=O)Nc1cc(S(N)(=O)=O)ccc1C. The highest BCUT2D eigenvalue weighted by molar-refractivity contribution is 7.89. The first-order valence-corrected chi connectivity index (χ1v) is 7.82. The van der Waals surface area contributed by atoms with Crippen molar-refractivity contribution < 1.29 is 13.2 Å². The quantitative estimate of drug-likeness (QED) is 0.754. The molecule has 0 aliphatic rings. The van der Waals surface area contributed by atoms with Crippen molar-refractivity contribution in [3.8, 4) is 0 Å². The predicted octanol–water partition coefficient (Wildman–Crippen LogP) is 0.969. The van der Waals surface area contributed by atoms with E-state index in [0.29, 0.717) is 12.2 Å². The summed E-state index contributed by atoms with van der Waals surface area (Å²) < 4.78 is 22.7. The minimum Gasteiger partial charge on any atom is -0.324 e. The van der Waals surface area contributed by atoms with Gasteiger partial charge in [-0.25, -0.2) is 13.6 Å². The summed E-state index contributed by atoms with van der Waals surface area (Å²) in [7, 11) is -3.79. The monoisotopic (exact) mass is 299 g/mol. The second-order valence-corrected chi connectivity index (χ2v) is 6.69. The number of benzene rings is 1. The molecule has 1 aromatic rings. The zero-order valence-electron chi connectivity index (χ0n) is 12.1. The zero-order chi connectivity index (χ0) is 15.6. The summed E-state index contributed by atoms with van der Waals surface area (Å²) in [6.45, 7) is 7.84. The highest BCUT2D eigenvalue weighted by atomic mass is 32.2. The van der Waals surface area contributed by atoms with Crippen molar-refractivity contribution in [2.45, 2.75) is 38.1 Å². The third kappa shape index (κ3) is 4.03. The van der Waals surface area contributed by atoms with E-state index in [0.717, 1.165) is 5.56 Å². The van der Waals surface area contributed by atoms with E-state index in [1.807, 2.05) is 6.92 Å². The summed E-state index contributed by atoms with van der Waals surface area (Å²) in [4.78, 5) is 12.2. The largest absolute Gasteiger partial charge is 0.324 e. The van der Waals surface area contributed by atoms with Gasteiger partial charge in [0.25, 0.3) is 0 Å². The lowest BCUT2D eigenvalue weighted by molar-refractivity contribution is -0.121. The van der Waals surface area contributed by atoms with E-state index in [9.17, 15) is 13.2 Å². The average molecular weight is 299 g/mol. The van der Waals surface area contributed by atoms with Gasteiger partial charge in [-0.2, -0.15) is 0 Å². The maximum absolute atomic E-state index is 12.2. The minimum atomic E-state index is -3.79. The first-order valence-electron chi connectivity index (χ1n) is 6.28. The number of anilines is 1. The van der Waals surface area contributed by atoms with Crippen LogP contribution in [0.2, 0.25) is 0 Å². The Kier molecular flexibility index (Phi) is 4.90. The van der Waals surface area contributed by atoms with Gasteiger partial charge in [0.1, 0.15) is 0 Å². The van der Waals surface area contributed by atoms with E-state index in [-0.39, 0.29) is 10.8 Å². The van der Waals surface area contributed by atoms with Gasteiger partial charge in [-0.3, -0.25) is 4.79 Å². The summed E-state index contributed by atoms with van der Waals surface area (Å²) in [6, 6.07) is 4.38. The molecule has 0 spiro atoms. The molecule has 0 saturated heterocycles. The predicted molar refractivity (Wildman–Crippen MR) is 78.9 cm³/mol. The van der Waals surface area contributed by atoms with Crippen LogP contribution < -0.4 is 15.8 Å². The fourth-order valence-corrected chi connectivity index (χ4v) is 2.25. The molecular formula is C13H21N3O3S.